The first-order valence-electron chi connectivity index (χ1n) is 9.45. The highest BCUT2D eigenvalue weighted by atomic mass is 127. The van der Waals surface area contributed by atoms with Gasteiger partial charge in [-0.15, -0.1) is 24.0 Å². The minimum absolute atomic E-state index is 0. The third-order valence-electron chi connectivity index (χ3n) is 5.44. The number of amides is 1. The van der Waals surface area contributed by atoms with Gasteiger partial charge in [-0.25, -0.2) is 0 Å². The minimum Gasteiger partial charge on any atom is -0.356 e. The van der Waals surface area contributed by atoms with Crippen molar-refractivity contribution < 1.29 is 4.79 Å². The van der Waals surface area contributed by atoms with E-state index in [0.717, 1.165) is 36.5 Å². The molecule has 1 unspecified atom stereocenters. The number of hydrogen-bond donors (Lipinski definition) is 2. The van der Waals surface area contributed by atoms with Crippen molar-refractivity contribution in [3.05, 3.63) is 34.3 Å². The second-order valence-corrected chi connectivity index (χ2v) is 8.70. The summed E-state index contributed by atoms with van der Waals surface area (Å²) in [5.74, 6) is 1.13. The molecule has 5 nitrogen and oxygen atoms in total. The van der Waals surface area contributed by atoms with Gasteiger partial charge in [0.2, 0.25) is 5.91 Å². The molecule has 1 heterocycles. The van der Waals surface area contributed by atoms with Crippen molar-refractivity contribution in [2.24, 2.45) is 10.9 Å². The highest BCUT2D eigenvalue weighted by Gasteiger charge is 2.44. The van der Waals surface area contributed by atoms with Gasteiger partial charge in [-0.1, -0.05) is 41.9 Å². The van der Waals surface area contributed by atoms with E-state index >= 15 is 0 Å². The largest absolute Gasteiger partial charge is 0.356 e. The number of benzene rings is 1. The molecule has 0 aromatic heterocycles. The van der Waals surface area contributed by atoms with E-state index in [4.69, 9.17) is 0 Å². The van der Waals surface area contributed by atoms with Crippen LogP contribution in [0.2, 0.25) is 0 Å². The molecule has 1 amide bonds. The number of aliphatic imine (C=N–C) groups is 1. The zero-order valence-corrected chi connectivity index (χ0v) is 20.2. The van der Waals surface area contributed by atoms with E-state index in [1.165, 1.54) is 18.4 Å². The van der Waals surface area contributed by atoms with Gasteiger partial charge in [0, 0.05) is 48.5 Å². The summed E-state index contributed by atoms with van der Waals surface area (Å²) in [6.07, 6.45) is 3.37. The SMILES string of the molecule is CN=C(NCC1(c2cccc(Br)c2)CC1)NC1CCN(C(=O)C(C)C)C1.I. The third kappa shape index (κ3) is 5.59. The molecule has 2 N–H and O–H groups in total. The number of nitrogens with one attached hydrogen (secondary N) is 2. The molecular weight excluding hydrogens is 519 g/mol. The number of carbonyl (C=O) groups is 1. The molecule has 1 atom stereocenters. The Morgan fingerprint density at radius 2 is 2.15 bits per heavy atom. The Bertz CT molecular complexity index is 690. The number of nitrogens with zero attached hydrogens (tertiary/aromatic N) is 2. The summed E-state index contributed by atoms with van der Waals surface area (Å²) in [6, 6.07) is 8.87. The molecule has 3 rings (SSSR count). The molecule has 2 aliphatic rings. The smallest absolute Gasteiger partial charge is 0.225 e. The van der Waals surface area contributed by atoms with Crippen LogP contribution in [0.3, 0.4) is 0 Å². The third-order valence-corrected chi connectivity index (χ3v) is 5.94. The molecule has 1 saturated carbocycles. The average Bonchev–Trinajstić information content (AvgIpc) is 3.28. The Hall–Kier alpha value is -0.830. The van der Waals surface area contributed by atoms with E-state index in [1.807, 2.05) is 18.7 Å². The predicted octanol–water partition coefficient (Wildman–Crippen LogP) is 3.52. The molecule has 27 heavy (non-hydrogen) atoms. The van der Waals surface area contributed by atoms with Crippen LogP contribution in [0.4, 0.5) is 0 Å². The fraction of sp³-hybridized carbons (Fsp3) is 0.600. The molecule has 0 radical (unpaired) electrons. The molecule has 0 spiro atoms. The van der Waals surface area contributed by atoms with Crippen LogP contribution in [0, 0.1) is 5.92 Å². The second-order valence-electron chi connectivity index (χ2n) is 7.79. The summed E-state index contributed by atoms with van der Waals surface area (Å²) in [5, 5.41) is 6.99. The van der Waals surface area contributed by atoms with Crippen LogP contribution in [0.25, 0.3) is 0 Å². The highest BCUT2D eigenvalue weighted by Crippen LogP contribution is 2.48. The van der Waals surface area contributed by atoms with Crippen molar-refractivity contribution in [2.45, 2.75) is 44.6 Å². The summed E-state index contributed by atoms with van der Waals surface area (Å²) in [7, 11) is 1.81. The van der Waals surface area contributed by atoms with Crippen molar-refractivity contribution >= 4 is 51.8 Å². The molecule has 1 aromatic rings. The Labute approximate surface area is 187 Å². The van der Waals surface area contributed by atoms with Crippen LogP contribution >= 0.6 is 39.9 Å². The lowest BCUT2D eigenvalue weighted by atomic mass is 9.96. The molecule has 2 fully saturated rings. The highest BCUT2D eigenvalue weighted by molar-refractivity contribution is 14.0. The van der Waals surface area contributed by atoms with Crippen molar-refractivity contribution in [1.82, 2.24) is 15.5 Å². The van der Waals surface area contributed by atoms with Gasteiger partial charge in [0.25, 0.3) is 0 Å². The number of likely N-dealkylation sites (tertiary alicyclic amines) is 1. The van der Waals surface area contributed by atoms with Crippen LogP contribution in [-0.2, 0) is 10.2 Å². The van der Waals surface area contributed by atoms with Crippen molar-refractivity contribution in [1.29, 1.82) is 0 Å². The fourth-order valence-electron chi connectivity index (χ4n) is 3.62. The molecule has 1 aliphatic carbocycles. The summed E-state index contributed by atoms with van der Waals surface area (Å²) >= 11 is 3.57. The first-order valence-corrected chi connectivity index (χ1v) is 10.2. The fourth-order valence-corrected chi connectivity index (χ4v) is 4.02. The van der Waals surface area contributed by atoms with Gasteiger partial charge in [0.15, 0.2) is 5.96 Å². The van der Waals surface area contributed by atoms with Gasteiger partial charge in [0.1, 0.15) is 0 Å². The maximum absolute atomic E-state index is 12.1. The molecule has 150 valence electrons. The molecule has 7 heteroatoms. The zero-order chi connectivity index (χ0) is 18.7. The second kappa shape index (κ2) is 9.58. The normalized spacial score (nSPS) is 21.0. The van der Waals surface area contributed by atoms with Gasteiger partial charge in [-0.05, 0) is 37.0 Å². The van der Waals surface area contributed by atoms with Gasteiger partial charge in [0.05, 0.1) is 0 Å². The molecule has 1 aromatic carbocycles. The lowest BCUT2D eigenvalue weighted by Gasteiger charge is -2.22. The number of hydrogen-bond acceptors (Lipinski definition) is 2. The maximum atomic E-state index is 12.1. The van der Waals surface area contributed by atoms with Crippen molar-refractivity contribution in [3.63, 3.8) is 0 Å². The van der Waals surface area contributed by atoms with Gasteiger partial charge in [-0.3, -0.25) is 9.79 Å². The van der Waals surface area contributed by atoms with E-state index < -0.39 is 0 Å². The standard InChI is InChI=1S/C20H29BrN4O.HI/c1-14(2)18(26)25-10-7-17(12-25)24-19(22-3)23-13-20(8-9-20)15-5-4-6-16(21)11-15;/h4-6,11,14,17H,7-10,12-13H2,1-3H3,(H2,22,23,24);1H. The van der Waals surface area contributed by atoms with E-state index in [9.17, 15) is 4.79 Å². The van der Waals surface area contributed by atoms with Crippen LogP contribution in [-0.4, -0.2) is 49.5 Å². The van der Waals surface area contributed by atoms with Crippen LogP contribution in [0.5, 0.6) is 0 Å². The number of halogens is 2. The van der Waals surface area contributed by atoms with Crippen LogP contribution in [0.1, 0.15) is 38.7 Å². The number of rotatable bonds is 5. The van der Waals surface area contributed by atoms with Crippen LogP contribution in [0.15, 0.2) is 33.7 Å². The van der Waals surface area contributed by atoms with Gasteiger partial charge in [-0.2, -0.15) is 0 Å². The number of guanidine groups is 1. The quantitative estimate of drug-likeness (QED) is 0.336. The van der Waals surface area contributed by atoms with E-state index in [0.29, 0.717) is 0 Å². The Balaban J connectivity index is 0.00000261. The topological polar surface area (TPSA) is 56.7 Å². The lowest BCUT2D eigenvalue weighted by Crippen LogP contribution is -2.47. The Morgan fingerprint density at radius 3 is 2.74 bits per heavy atom. The minimum atomic E-state index is 0. The predicted molar refractivity (Wildman–Crippen MR) is 125 cm³/mol. The zero-order valence-electron chi connectivity index (χ0n) is 16.3. The molecular formula is C20H30BrIN4O. The molecule has 1 saturated heterocycles. The van der Waals surface area contributed by atoms with E-state index in [1.54, 1.807) is 7.05 Å². The van der Waals surface area contributed by atoms with Crippen molar-refractivity contribution in [3.8, 4) is 0 Å². The maximum Gasteiger partial charge on any atom is 0.225 e. The van der Waals surface area contributed by atoms with Crippen LogP contribution < -0.4 is 10.6 Å². The Kier molecular flexibility index (Phi) is 7.97. The summed E-state index contributed by atoms with van der Waals surface area (Å²) in [6.45, 7) is 6.38. The number of carbonyl (C=O) groups excluding carboxylic acids is 1. The van der Waals surface area contributed by atoms with Crippen molar-refractivity contribution in [2.75, 3.05) is 26.7 Å². The van der Waals surface area contributed by atoms with Gasteiger partial charge >= 0.3 is 0 Å². The molecule has 1 aliphatic heterocycles. The summed E-state index contributed by atoms with van der Waals surface area (Å²) in [4.78, 5) is 18.5. The first kappa shape index (κ1) is 22.5. The summed E-state index contributed by atoms with van der Waals surface area (Å²) < 4.78 is 1.13. The van der Waals surface area contributed by atoms with Gasteiger partial charge < -0.3 is 15.5 Å². The van der Waals surface area contributed by atoms with E-state index in [2.05, 4.69) is 55.8 Å². The first-order chi connectivity index (χ1) is 12.4. The molecule has 0 bridgehead atoms. The monoisotopic (exact) mass is 548 g/mol. The summed E-state index contributed by atoms with van der Waals surface area (Å²) in [5.41, 5.74) is 1.60. The van der Waals surface area contributed by atoms with E-state index in [-0.39, 0.29) is 47.3 Å². The Morgan fingerprint density at radius 1 is 1.41 bits per heavy atom. The average molecular weight is 549 g/mol. The lowest BCUT2D eigenvalue weighted by molar-refractivity contribution is -0.133.